The Morgan fingerprint density at radius 1 is 1.32 bits per heavy atom. The van der Waals surface area contributed by atoms with Crippen LogP contribution in [-0.2, 0) is 15.5 Å². The summed E-state index contributed by atoms with van der Waals surface area (Å²) >= 11 is 0. The molecule has 34 heavy (non-hydrogen) atoms. The molecule has 1 aliphatic rings. The largest absolute Gasteiger partial charge is 0.397 e. The second kappa shape index (κ2) is 25.0. The number of allylic oxidation sites excluding steroid dienone is 8. The molecular formula is C26H40BN3O3S. The van der Waals surface area contributed by atoms with Crippen molar-refractivity contribution in [2.75, 3.05) is 19.4 Å². The number of hydrogen-bond acceptors (Lipinski definition) is 5. The van der Waals surface area contributed by atoms with Crippen LogP contribution in [-0.4, -0.2) is 48.4 Å². The van der Waals surface area contributed by atoms with E-state index in [4.69, 9.17) is 5.11 Å². The van der Waals surface area contributed by atoms with E-state index >= 15 is 0 Å². The van der Waals surface area contributed by atoms with Crippen LogP contribution in [0.3, 0.4) is 0 Å². The summed E-state index contributed by atoms with van der Waals surface area (Å²) < 4.78 is 23.2. The van der Waals surface area contributed by atoms with Crippen molar-refractivity contribution >= 4 is 30.5 Å². The Labute approximate surface area is 209 Å². The van der Waals surface area contributed by atoms with Crippen molar-refractivity contribution < 1.29 is 14.0 Å². The molecule has 0 aromatic rings. The first kappa shape index (κ1) is 33.5. The summed E-state index contributed by atoms with van der Waals surface area (Å²) in [4.78, 5) is 8.54. The maximum absolute atomic E-state index is 11.7. The predicted molar refractivity (Wildman–Crippen MR) is 149 cm³/mol. The molecule has 186 valence electrons. The van der Waals surface area contributed by atoms with Gasteiger partial charge in [-0.1, -0.05) is 0 Å². The van der Waals surface area contributed by atoms with Crippen molar-refractivity contribution in [3.8, 4) is 12.3 Å². The average molecular weight is 486 g/mol. The normalized spacial score (nSPS) is 20.4. The van der Waals surface area contributed by atoms with E-state index in [0.29, 0.717) is 16.9 Å². The van der Waals surface area contributed by atoms with Crippen LogP contribution in [0.2, 0.25) is 0 Å². The standard InChI is InChI=1S/C21H30BN3O2S.C3H4.C2H6O/c1-4-14-23-17-25-20-13-9-7-6-8-11-18(16-19(20)22-26)12-10-15-24-21(5-2)28(3)27;1-3-2;1-2-3/h5,8-9,11,13,15-17H,4,6-7,10,12,14H2,1-3H3,(H,23,25);1H,2H3;3H,2H2,1H3/b11-8+,13-9+,18-16+,20-19-,21-5+,24-15-;;. The third-order valence-electron chi connectivity index (χ3n) is 3.88. The molecular weight excluding hydrogens is 445 g/mol. The third-order valence-corrected chi connectivity index (χ3v) is 4.81. The minimum absolute atomic E-state index is 0.250. The summed E-state index contributed by atoms with van der Waals surface area (Å²) in [7, 11) is -0.222. The average Bonchev–Trinajstić information content (AvgIpc) is 2.81. The summed E-state index contributed by atoms with van der Waals surface area (Å²) in [5.41, 5.74) is 2.38. The van der Waals surface area contributed by atoms with Gasteiger partial charge >= 0.3 is 172 Å². The van der Waals surface area contributed by atoms with Gasteiger partial charge in [-0.15, -0.1) is 12.3 Å². The van der Waals surface area contributed by atoms with Crippen LogP contribution in [0.5, 0.6) is 0 Å². The van der Waals surface area contributed by atoms with Gasteiger partial charge in [0.2, 0.25) is 0 Å². The number of nitrogens with zero attached hydrogens (tertiary/aromatic N) is 2. The van der Waals surface area contributed by atoms with Crippen LogP contribution >= 0.6 is 0 Å². The SMILES string of the molecule is C#CC.C/C=C(\N=C/CCC1=C/C(B=O)=C(NC=NCCC)\C=C\CC\C=C\1)S(C)=O.CCO. The number of aliphatic hydroxyl groups excluding tert-OH is 1. The van der Waals surface area contributed by atoms with E-state index < -0.39 is 10.8 Å². The van der Waals surface area contributed by atoms with Crippen molar-refractivity contribution in [1.82, 2.24) is 5.32 Å². The van der Waals surface area contributed by atoms with Gasteiger partial charge in [0.1, 0.15) is 0 Å². The zero-order chi connectivity index (χ0) is 26.0. The molecule has 0 saturated carbocycles. The van der Waals surface area contributed by atoms with Crippen LogP contribution in [0.15, 0.2) is 68.2 Å². The van der Waals surface area contributed by atoms with Gasteiger partial charge < -0.3 is 5.11 Å². The molecule has 0 radical (unpaired) electrons. The van der Waals surface area contributed by atoms with Crippen molar-refractivity contribution in [3.05, 3.63) is 58.2 Å². The summed E-state index contributed by atoms with van der Waals surface area (Å²) in [6, 6.07) is 0. The molecule has 1 aliphatic carbocycles. The fourth-order valence-electron chi connectivity index (χ4n) is 2.44. The Balaban J connectivity index is 0. The van der Waals surface area contributed by atoms with Gasteiger partial charge in [0.05, 0.1) is 0 Å². The van der Waals surface area contributed by atoms with Crippen molar-refractivity contribution in [1.29, 1.82) is 0 Å². The van der Waals surface area contributed by atoms with Gasteiger partial charge in [-0.2, -0.15) is 0 Å². The molecule has 0 aromatic carbocycles. The van der Waals surface area contributed by atoms with E-state index in [-0.39, 0.29) is 6.61 Å². The van der Waals surface area contributed by atoms with E-state index in [0.717, 1.165) is 50.6 Å². The van der Waals surface area contributed by atoms with Gasteiger partial charge in [-0.25, -0.2) is 0 Å². The zero-order valence-electron chi connectivity index (χ0n) is 21.3. The van der Waals surface area contributed by atoms with Gasteiger partial charge in [0.25, 0.3) is 0 Å². The Kier molecular flexibility index (Phi) is 24.7. The molecule has 0 aliphatic heterocycles. The molecule has 1 rings (SSSR count). The van der Waals surface area contributed by atoms with Crippen molar-refractivity contribution in [3.63, 3.8) is 0 Å². The first-order chi connectivity index (χ1) is 16.4. The minimum atomic E-state index is -1.09. The second-order valence-electron chi connectivity index (χ2n) is 6.80. The van der Waals surface area contributed by atoms with E-state index in [1.165, 1.54) is 0 Å². The maximum atomic E-state index is 11.7. The Bertz CT molecular complexity index is 848. The van der Waals surface area contributed by atoms with Gasteiger partial charge in [-0.3, -0.25) is 0 Å². The van der Waals surface area contributed by atoms with Crippen LogP contribution in [0.4, 0.5) is 0 Å². The number of nitrogens with one attached hydrogen (secondary N) is 1. The third kappa shape index (κ3) is 18.9. The molecule has 0 heterocycles. The summed E-state index contributed by atoms with van der Waals surface area (Å²) in [5, 5.41) is 11.3. The van der Waals surface area contributed by atoms with E-state index in [2.05, 4.69) is 52.8 Å². The van der Waals surface area contributed by atoms with E-state index in [1.54, 1.807) is 38.7 Å². The zero-order valence-corrected chi connectivity index (χ0v) is 22.1. The number of hydrogen-bond donors (Lipinski definition) is 2. The minimum Gasteiger partial charge on any atom is -0.397 e. The summed E-state index contributed by atoms with van der Waals surface area (Å²) in [5.74, 6) is 2.25. The summed E-state index contributed by atoms with van der Waals surface area (Å²) in [6.07, 6.45) is 25.7. The smallest absolute Gasteiger partial charge is 0.0402 e. The molecule has 0 saturated heterocycles. The Morgan fingerprint density at radius 3 is 2.47 bits per heavy atom. The second-order valence-corrected chi connectivity index (χ2v) is 8.13. The molecule has 8 heteroatoms. The fourth-order valence-corrected chi connectivity index (χ4v) is 3.00. The van der Waals surface area contributed by atoms with Gasteiger partial charge in [0.15, 0.2) is 0 Å². The molecule has 1 atom stereocenters. The molecule has 0 spiro atoms. The predicted octanol–water partition coefficient (Wildman–Crippen LogP) is 4.84. The van der Waals surface area contributed by atoms with Gasteiger partial charge in [0, 0.05) is 6.61 Å². The first-order valence-electron chi connectivity index (χ1n) is 11.4. The van der Waals surface area contributed by atoms with E-state index in [1.807, 2.05) is 19.1 Å². The van der Waals surface area contributed by atoms with Crippen LogP contribution in [0.1, 0.15) is 59.8 Å². The number of aliphatic hydroxyl groups is 1. The number of rotatable bonds is 10. The van der Waals surface area contributed by atoms with Crippen LogP contribution in [0, 0.1) is 12.3 Å². The molecule has 0 amide bonds. The number of aliphatic imine (C=N–C) groups is 2. The van der Waals surface area contributed by atoms with Crippen LogP contribution in [0.25, 0.3) is 0 Å². The van der Waals surface area contributed by atoms with Gasteiger partial charge in [-0.05, 0) is 13.8 Å². The van der Waals surface area contributed by atoms with Crippen LogP contribution < -0.4 is 5.32 Å². The number of terminal acetylenes is 1. The fraction of sp³-hybridized carbons (Fsp3) is 0.462. The molecule has 6 nitrogen and oxygen atoms in total. The maximum Gasteiger partial charge on any atom is 0.0402 e. The van der Waals surface area contributed by atoms with Crippen molar-refractivity contribution in [2.24, 2.45) is 9.98 Å². The molecule has 2 N–H and O–H groups in total. The Morgan fingerprint density at radius 2 is 1.94 bits per heavy atom. The molecule has 0 aromatic heterocycles. The summed E-state index contributed by atoms with van der Waals surface area (Å²) in [6.45, 7) is 8.23. The quantitative estimate of drug-likeness (QED) is 0.201. The molecule has 0 bridgehead atoms. The monoisotopic (exact) mass is 485 g/mol. The molecule has 1 unspecified atom stereocenters. The van der Waals surface area contributed by atoms with Crippen molar-refractivity contribution in [2.45, 2.75) is 59.8 Å². The molecule has 0 fully saturated rings. The Hall–Kier alpha value is -2.63. The topological polar surface area (TPSA) is 91.1 Å². The van der Waals surface area contributed by atoms with E-state index in [9.17, 15) is 8.91 Å². The first-order valence-corrected chi connectivity index (χ1v) is 13.0.